The fraction of sp³-hybridized carbons (Fsp3) is 0.667. The number of nitrogens with two attached hydrogens (primary N) is 1. The monoisotopic (exact) mass is 259 g/mol. The summed E-state index contributed by atoms with van der Waals surface area (Å²) in [5.74, 6) is 0.611. The van der Waals surface area contributed by atoms with Crippen LogP contribution in [-0.4, -0.2) is 35.6 Å². The number of aromatic nitrogens is 2. The standard InChI is InChI=1S/C12H19F2N3O/c1-8(15)5-10-6-9(2)16-12(17-10)3-4-18-7-11(13)14/h6,8,11H,3-5,7,15H2,1-2H3. The second-order valence-electron chi connectivity index (χ2n) is 4.31. The highest BCUT2D eigenvalue weighted by molar-refractivity contribution is 5.11. The van der Waals surface area contributed by atoms with Crippen LogP contribution < -0.4 is 5.73 Å². The first-order valence-electron chi connectivity index (χ1n) is 5.92. The molecule has 0 aliphatic carbocycles. The van der Waals surface area contributed by atoms with Crippen molar-refractivity contribution in [1.29, 1.82) is 0 Å². The zero-order valence-electron chi connectivity index (χ0n) is 10.7. The molecule has 2 N–H and O–H groups in total. The molecule has 6 heteroatoms. The van der Waals surface area contributed by atoms with Crippen LogP contribution in [0.2, 0.25) is 0 Å². The van der Waals surface area contributed by atoms with Gasteiger partial charge in [-0.25, -0.2) is 18.7 Å². The van der Waals surface area contributed by atoms with Crippen LogP contribution in [0.25, 0.3) is 0 Å². The van der Waals surface area contributed by atoms with E-state index in [2.05, 4.69) is 9.97 Å². The zero-order chi connectivity index (χ0) is 13.5. The third kappa shape index (κ3) is 5.97. The molecule has 1 unspecified atom stereocenters. The van der Waals surface area contributed by atoms with Gasteiger partial charge in [0.05, 0.1) is 6.61 Å². The molecule has 1 aromatic rings. The molecule has 1 rings (SSSR count). The largest absolute Gasteiger partial charge is 0.375 e. The first-order valence-corrected chi connectivity index (χ1v) is 5.92. The van der Waals surface area contributed by atoms with E-state index in [1.165, 1.54) is 0 Å². The lowest BCUT2D eigenvalue weighted by Crippen LogP contribution is -2.19. The molecule has 0 radical (unpaired) electrons. The van der Waals surface area contributed by atoms with Crippen molar-refractivity contribution in [3.8, 4) is 0 Å². The lowest BCUT2D eigenvalue weighted by Gasteiger charge is -2.08. The van der Waals surface area contributed by atoms with Crippen LogP contribution in [0.5, 0.6) is 0 Å². The summed E-state index contributed by atoms with van der Waals surface area (Å²) in [6.07, 6.45) is -1.33. The van der Waals surface area contributed by atoms with Gasteiger partial charge in [-0.2, -0.15) is 0 Å². The number of ether oxygens (including phenoxy) is 1. The average Bonchev–Trinajstić information content (AvgIpc) is 2.22. The van der Waals surface area contributed by atoms with E-state index >= 15 is 0 Å². The smallest absolute Gasteiger partial charge is 0.261 e. The molecule has 0 aliphatic rings. The number of hydrogen-bond acceptors (Lipinski definition) is 4. The summed E-state index contributed by atoms with van der Waals surface area (Å²) >= 11 is 0. The van der Waals surface area contributed by atoms with Gasteiger partial charge in [-0.15, -0.1) is 0 Å². The second-order valence-corrected chi connectivity index (χ2v) is 4.31. The van der Waals surface area contributed by atoms with Crippen molar-refractivity contribution in [2.24, 2.45) is 5.73 Å². The van der Waals surface area contributed by atoms with Gasteiger partial charge >= 0.3 is 0 Å². The molecule has 0 aromatic carbocycles. The fourth-order valence-corrected chi connectivity index (χ4v) is 1.58. The minimum atomic E-state index is -2.43. The van der Waals surface area contributed by atoms with Crippen LogP contribution in [0.4, 0.5) is 8.78 Å². The number of alkyl halides is 2. The third-order valence-electron chi connectivity index (χ3n) is 2.20. The number of halogens is 2. The SMILES string of the molecule is Cc1cc(CC(C)N)nc(CCOCC(F)F)n1. The van der Waals surface area contributed by atoms with Crippen molar-refractivity contribution in [2.75, 3.05) is 13.2 Å². The van der Waals surface area contributed by atoms with Gasteiger partial charge in [0.1, 0.15) is 12.4 Å². The van der Waals surface area contributed by atoms with Crippen LogP contribution in [0.15, 0.2) is 6.07 Å². The van der Waals surface area contributed by atoms with E-state index in [1.807, 2.05) is 19.9 Å². The maximum absolute atomic E-state index is 11.9. The molecular weight excluding hydrogens is 240 g/mol. The quantitative estimate of drug-likeness (QED) is 0.754. The second kappa shape index (κ2) is 7.33. The Morgan fingerprint density at radius 2 is 2.11 bits per heavy atom. The highest BCUT2D eigenvalue weighted by atomic mass is 19.3. The number of hydrogen-bond donors (Lipinski definition) is 1. The third-order valence-corrected chi connectivity index (χ3v) is 2.20. The van der Waals surface area contributed by atoms with Crippen molar-refractivity contribution in [2.45, 2.75) is 39.2 Å². The Morgan fingerprint density at radius 3 is 2.72 bits per heavy atom. The molecule has 1 heterocycles. The van der Waals surface area contributed by atoms with Gasteiger partial charge in [0, 0.05) is 30.3 Å². The van der Waals surface area contributed by atoms with Gasteiger partial charge in [0.15, 0.2) is 0 Å². The molecule has 102 valence electrons. The highest BCUT2D eigenvalue weighted by Crippen LogP contribution is 2.04. The molecule has 0 aliphatic heterocycles. The Bertz CT molecular complexity index is 372. The first kappa shape index (κ1) is 14.9. The Balaban J connectivity index is 2.51. The Hall–Kier alpha value is -1.14. The van der Waals surface area contributed by atoms with Gasteiger partial charge in [-0.1, -0.05) is 0 Å². The van der Waals surface area contributed by atoms with Crippen molar-refractivity contribution < 1.29 is 13.5 Å². The average molecular weight is 259 g/mol. The van der Waals surface area contributed by atoms with Crippen LogP contribution in [-0.2, 0) is 17.6 Å². The minimum Gasteiger partial charge on any atom is -0.375 e. The zero-order valence-corrected chi connectivity index (χ0v) is 10.7. The van der Waals surface area contributed by atoms with E-state index in [1.54, 1.807) is 0 Å². The summed E-state index contributed by atoms with van der Waals surface area (Å²) in [4.78, 5) is 8.57. The van der Waals surface area contributed by atoms with E-state index in [4.69, 9.17) is 10.5 Å². The summed E-state index contributed by atoms with van der Waals surface area (Å²) in [5, 5.41) is 0. The Labute approximate surface area is 106 Å². The van der Waals surface area contributed by atoms with E-state index in [9.17, 15) is 8.78 Å². The maximum atomic E-state index is 11.9. The summed E-state index contributed by atoms with van der Waals surface area (Å²) in [6.45, 7) is 3.43. The van der Waals surface area contributed by atoms with E-state index in [-0.39, 0.29) is 12.6 Å². The van der Waals surface area contributed by atoms with Crippen LogP contribution in [0.1, 0.15) is 24.1 Å². The van der Waals surface area contributed by atoms with E-state index in [0.717, 1.165) is 11.4 Å². The molecule has 4 nitrogen and oxygen atoms in total. The summed E-state index contributed by atoms with van der Waals surface area (Å²) in [5.41, 5.74) is 7.44. The minimum absolute atomic E-state index is 0.0298. The van der Waals surface area contributed by atoms with Gasteiger partial charge in [-0.05, 0) is 19.9 Å². The van der Waals surface area contributed by atoms with Crippen LogP contribution >= 0.6 is 0 Å². The highest BCUT2D eigenvalue weighted by Gasteiger charge is 2.06. The topological polar surface area (TPSA) is 61.0 Å². The molecule has 0 saturated heterocycles. The summed E-state index contributed by atoms with van der Waals surface area (Å²) < 4.78 is 28.5. The van der Waals surface area contributed by atoms with Gasteiger partial charge in [0.2, 0.25) is 0 Å². The van der Waals surface area contributed by atoms with Crippen molar-refractivity contribution in [3.05, 3.63) is 23.3 Å². The van der Waals surface area contributed by atoms with Crippen LogP contribution in [0, 0.1) is 6.92 Å². The lowest BCUT2D eigenvalue weighted by molar-refractivity contribution is 0.0182. The molecule has 0 saturated carbocycles. The Kier molecular flexibility index (Phi) is 6.07. The van der Waals surface area contributed by atoms with Gasteiger partial charge < -0.3 is 10.5 Å². The van der Waals surface area contributed by atoms with E-state index in [0.29, 0.717) is 18.7 Å². The van der Waals surface area contributed by atoms with E-state index < -0.39 is 13.0 Å². The molecule has 0 amide bonds. The van der Waals surface area contributed by atoms with Crippen molar-refractivity contribution in [3.63, 3.8) is 0 Å². The molecule has 0 spiro atoms. The normalized spacial score (nSPS) is 13.0. The molecular formula is C12H19F2N3O. The number of rotatable bonds is 7. The van der Waals surface area contributed by atoms with Crippen molar-refractivity contribution in [1.82, 2.24) is 9.97 Å². The van der Waals surface area contributed by atoms with Gasteiger partial charge in [0.25, 0.3) is 6.43 Å². The number of nitrogens with zero attached hydrogens (tertiary/aromatic N) is 2. The van der Waals surface area contributed by atoms with Crippen molar-refractivity contribution >= 4 is 0 Å². The molecule has 18 heavy (non-hydrogen) atoms. The molecule has 1 atom stereocenters. The predicted molar refractivity (Wildman–Crippen MR) is 64.6 cm³/mol. The predicted octanol–water partition coefficient (Wildman–Crippen LogP) is 1.50. The maximum Gasteiger partial charge on any atom is 0.261 e. The van der Waals surface area contributed by atoms with Crippen LogP contribution in [0.3, 0.4) is 0 Å². The molecule has 0 fully saturated rings. The Morgan fingerprint density at radius 1 is 1.39 bits per heavy atom. The molecule has 0 bridgehead atoms. The first-order chi connectivity index (χ1) is 8.47. The van der Waals surface area contributed by atoms with Gasteiger partial charge in [-0.3, -0.25) is 0 Å². The lowest BCUT2D eigenvalue weighted by atomic mass is 10.1. The fourth-order valence-electron chi connectivity index (χ4n) is 1.58. The summed E-state index contributed by atoms with van der Waals surface area (Å²) in [7, 11) is 0. The number of aryl methyl sites for hydroxylation is 1. The molecule has 1 aromatic heterocycles. The summed E-state index contributed by atoms with van der Waals surface area (Å²) in [6, 6.07) is 1.91.